The van der Waals surface area contributed by atoms with E-state index in [1.54, 1.807) is 6.92 Å². The van der Waals surface area contributed by atoms with Crippen LogP contribution in [0, 0.1) is 0 Å². The van der Waals surface area contributed by atoms with Gasteiger partial charge in [0.2, 0.25) is 0 Å². The van der Waals surface area contributed by atoms with Crippen molar-refractivity contribution in [2.24, 2.45) is 0 Å². The number of aryl methyl sites for hydroxylation is 1. The molecule has 0 saturated carbocycles. The van der Waals surface area contributed by atoms with Gasteiger partial charge in [-0.1, -0.05) is 11.6 Å². The number of halogens is 1. The number of esters is 2. The van der Waals surface area contributed by atoms with Crippen molar-refractivity contribution in [1.82, 2.24) is 0 Å². The lowest BCUT2D eigenvalue weighted by atomic mass is 9.95. The van der Waals surface area contributed by atoms with E-state index in [9.17, 15) is 22.8 Å². The Bertz CT molecular complexity index is 1140. The van der Waals surface area contributed by atoms with Crippen LogP contribution < -0.4 is 5.32 Å². The summed E-state index contributed by atoms with van der Waals surface area (Å²) in [5.74, 6) is -2.39. The minimum atomic E-state index is -3.69. The van der Waals surface area contributed by atoms with Gasteiger partial charge < -0.3 is 14.8 Å². The van der Waals surface area contributed by atoms with E-state index in [1.807, 2.05) is 0 Å². The molecule has 1 N–H and O–H groups in total. The number of sulfone groups is 1. The molecule has 1 aromatic heterocycles. The summed E-state index contributed by atoms with van der Waals surface area (Å²) in [4.78, 5) is 37.9. The second kappa shape index (κ2) is 11.1. The number of hydrogen-bond acceptors (Lipinski definition) is 8. The van der Waals surface area contributed by atoms with Gasteiger partial charge in [0.1, 0.15) is 5.00 Å². The SMILES string of the molecule is CCOC(=O)c1c(NC(=O)COC(=O)CCS(=O)(=O)c2ccc(Cl)cc2)sc2c1CCCC2. The standard InChI is InChI=1S/C22H24ClNO7S2/c1-2-30-22(27)20-16-5-3-4-6-17(16)32-21(20)24-18(25)13-31-19(26)11-12-33(28,29)15-9-7-14(23)8-10-15/h7-10H,2-6,11-13H2,1H3,(H,24,25). The van der Waals surface area contributed by atoms with Crippen molar-refractivity contribution in [2.45, 2.75) is 43.9 Å². The van der Waals surface area contributed by atoms with E-state index in [0.717, 1.165) is 36.1 Å². The third-order valence-corrected chi connectivity index (χ3v) is 8.21. The number of amides is 1. The zero-order valence-corrected chi connectivity index (χ0v) is 20.4. The second-order valence-electron chi connectivity index (χ2n) is 7.37. The highest BCUT2D eigenvalue weighted by molar-refractivity contribution is 7.91. The van der Waals surface area contributed by atoms with Crippen LogP contribution in [0.2, 0.25) is 5.02 Å². The van der Waals surface area contributed by atoms with Gasteiger partial charge in [-0.3, -0.25) is 9.59 Å². The molecule has 1 aliphatic rings. The molecule has 0 spiro atoms. The van der Waals surface area contributed by atoms with Gasteiger partial charge in [0, 0.05) is 9.90 Å². The third-order valence-electron chi connectivity index (χ3n) is 5.02. The first kappa shape index (κ1) is 25.2. The summed E-state index contributed by atoms with van der Waals surface area (Å²) in [7, 11) is -3.69. The number of hydrogen-bond donors (Lipinski definition) is 1. The van der Waals surface area contributed by atoms with E-state index < -0.39 is 46.5 Å². The third kappa shape index (κ3) is 6.55. The molecule has 8 nitrogen and oxygen atoms in total. The maximum atomic E-state index is 12.4. The van der Waals surface area contributed by atoms with E-state index >= 15 is 0 Å². The highest BCUT2D eigenvalue weighted by atomic mass is 35.5. The van der Waals surface area contributed by atoms with Crippen LogP contribution in [0.4, 0.5) is 5.00 Å². The summed E-state index contributed by atoms with van der Waals surface area (Å²) >= 11 is 7.09. The fourth-order valence-corrected chi connectivity index (χ4v) is 6.07. The molecule has 0 unspecified atom stereocenters. The van der Waals surface area contributed by atoms with Gasteiger partial charge in [-0.2, -0.15) is 0 Å². The molecule has 0 saturated heterocycles. The van der Waals surface area contributed by atoms with E-state index in [4.69, 9.17) is 21.1 Å². The average molecular weight is 514 g/mol. The molecule has 11 heteroatoms. The van der Waals surface area contributed by atoms with E-state index in [0.29, 0.717) is 15.6 Å². The Hall–Kier alpha value is -2.43. The van der Waals surface area contributed by atoms with Crippen LogP contribution in [0.1, 0.15) is 47.0 Å². The molecule has 0 radical (unpaired) electrons. The van der Waals surface area contributed by atoms with Gasteiger partial charge in [-0.05, 0) is 62.4 Å². The first-order valence-corrected chi connectivity index (χ1v) is 13.3. The lowest BCUT2D eigenvalue weighted by Crippen LogP contribution is -2.23. The van der Waals surface area contributed by atoms with Crippen molar-refractivity contribution < 1.29 is 32.3 Å². The predicted molar refractivity (Wildman–Crippen MR) is 125 cm³/mol. The lowest BCUT2D eigenvalue weighted by Gasteiger charge is -2.12. The maximum Gasteiger partial charge on any atom is 0.341 e. The van der Waals surface area contributed by atoms with Gasteiger partial charge in [0.25, 0.3) is 5.91 Å². The summed E-state index contributed by atoms with van der Waals surface area (Å²) in [5, 5.41) is 3.42. The molecule has 33 heavy (non-hydrogen) atoms. The van der Waals surface area contributed by atoms with Crippen LogP contribution in [0.15, 0.2) is 29.2 Å². The maximum absolute atomic E-state index is 12.4. The highest BCUT2D eigenvalue weighted by Gasteiger charge is 2.27. The number of thiophene rings is 1. The zero-order chi connectivity index (χ0) is 24.0. The van der Waals surface area contributed by atoms with Crippen LogP contribution in [-0.2, 0) is 41.7 Å². The quantitative estimate of drug-likeness (QED) is 0.507. The number of rotatable bonds is 9. The summed E-state index contributed by atoms with van der Waals surface area (Å²) in [6.07, 6.45) is 3.14. The number of carbonyl (C=O) groups is 3. The van der Waals surface area contributed by atoms with E-state index in [-0.39, 0.29) is 11.5 Å². The van der Waals surface area contributed by atoms with Crippen LogP contribution in [0.5, 0.6) is 0 Å². The van der Waals surface area contributed by atoms with Crippen molar-refractivity contribution in [3.8, 4) is 0 Å². The molecule has 1 aliphatic carbocycles. The van der Waals surface area contributed by atoms with Crippen LogP contribution in [0.25, 0.3) is 0 Å². The lowest BCUT2D eigenvalue weighted by molar-refractivity contribution is -0.146. The van der Waals surface area contributed by atoms with Gasteiger partial charge in [-0.25, -0.2) is 13.2 Å². The monoisotopic (exact) mass is 513 g/mol. The summed E-state index contributed by atoms with van der Waals surface area (Å²) in [6.45, 7) is 1.33. The molecule has 0 fully saturated rings. The van der Waals surface area contributed by atoms with Crippen molar-refractivity contribution >= 4 is 55.6 Å². The van der Waals surface area contributed by atoms with Crippen LogP contribution in [0.3, 0.4) is 0 Å². The fourth-order valence-electron chi connectivity index (χ4n) is 3.43. The molecule has 1 amide bonds. The molecule has 0 atom stereocenters. The van der Waals surface area contributed by atoms with Crippen molar-refractivity contribution in [1.29, 1.82) is 0 Å². The van der Waals surface area contributed by atoms with Gasteiger partial charge in [0.15, 0.2) is 16.4 Å². The molecule has 178 valence electrons. The largest absolute Gasteiger partial charge is 0.462 e. The van der Waals surface area contributed by atoms with E-state index in [1.165, 1.54) is 35.6 Å². The number of anilines is 1. The summed E-state index contributed by atoms with van der Waals surface area (Å²) < 4.78 is 34.7. The normalized spacial score (nSPS) is 13.2. The zero-order valence-electron chi connectivity index (χ0n) is 18.0. The Morgan fingerprint density at radius 2 is 1.79 bits per heavy atom. The predicted octanol–water partition coefficient (Wildman–Crippen LogP) is 3.80. The Kier molecular flexibility index (Phi) is 8.50. The Labute approximate surface area is 201 Å². The first-order valence-electron chi connectivity index (χ1n) is 10.5. The minimum Gasteiger partial charge on any atom is -0.462 e. The van der Waals surface area contributed by atoms with E-state index in [2.05, 4.69) is 5.32 Å². The molecular weight excluding hydrogens is 490 g/mol. The Morgan fingerprint density at radius 3 is 2.48 bits per heavy atom. The fraction of sp³-hybridized carbons (Fsp3) is 0.409. The van der Waals surface area contributed by atoms with Crippen molar-refractivity contribution in [3.05, 3.63) is 45.3 Å². The molecule has 2 aromatic rings. The molecule has 1 aromatic carbocycles. The summed E-state index contributed by atoms with van der Waals surface area (Å²) in [5.41, 5.74) is 1.27. The Balaban J connectivity index is 1.56. The van der Waals surface area contributed by atoms with Gasteiger partial charge in [0.05, 0.1) is 29.2 Å². The number of nitrogens with one attached hydrogen (secondary N) is 1. The smallest absolute Gasteiger partial charge is 0.341 e. The van der Waals surface area contributed by atoms with Crippen molar-refractivity contribution in [3.63, 3.8) is 0 Å². The number of fused-ring (bicyclic) bond motifs is 1. The number of carbonyl (C=O) groups excluding carboxylic acids is 3. The number of benzene rings is 1. The molecule has 0 aliphatic heterocycles. The second-order valence-corrected chi connectivity index (χ2v) is 11.0. The Morgan fingerprint density at radius 1 is 1.09 bits per heavy atom. The topological polar surface area (TPSA) is 116 Å². The molecular formula is C22H24ClNO7S2. The highest BCUT2D eigenvalue weighted by Crippen LogP contribution is 2.38. The average Bonchev–Trinajstić information content (AvgIpc) is 3.14. The van der Waals surface area contributed by atoms with Gasteiger partial charge >= 0.3 is 11.9 Å². The first-order chi connectivity index (χ1) is 15.7. The molecule has 1 heterocycles. The molecule has 0 bridgehead atoms. The number of ether oxygens (including phenoxy) is 2. The van der Waals surface area contributed by atoms with Crippen LogP contribution in [-0.4, -0.2) is 45.2 Å². The minimum absolute atomic E-state index is 0.0469. The van der Waals surface area contributed by atoms with Crippen molar-refractivity contribution in [2.75, 3.05) is 24.3 Å². The molecule has 3 rings (SSSR count). The van der Waals surface area contributed by atoms with Crippen LogP contribution >= 0.6 is 22.9 Å². The van der Waals surface area contributed by atoms with Gasteiger partial charge in [-0.15, -0.1) is 11.3 Å². The summed E-state index contributed by atoms with van der Waals surface area (Å²) in [6, 6.07) is 5.62.